The van der Waals surface area contributed by atoms with Gasteiger partial charge in [-0.05, 0) is 35.8 Å². The zero-order valence-electron chi connectivity index (χ0n) is 13.0. The third kappa shape index (κ3) is 3.06. The Labute approximate surface area is 159 Å². The monoisotopic (exact) mass is 417 g/mol. The number of piperazine rings is 1. The molecule has 3 aromatic rings. The summed E-state index contributed by atoms with van der Waals surface area (Å²) in [5.41, 5.74) is 1.11. The van der Waals surface area contributed by atoms with E-state index in [1.54, 1.807) is 11.5 Å². The summed E-state index contributed by atoms with van der Waals surface area (Å²) in [6.07, 6.45) is 0. The van der Waals surface area contributed by atoms with Crippen molar-refractivity contribution in [1.82, 2.24) is 9.27 Å². The molecule has 1 aliphatic heterocycles. The molecule has 0 bridgehead atoms. The fourth-order valence-corrected chi connectivity index (χ4v) is 4.38. The zero-order valence-corrected chi connectivity index (χ0v) is 16.2. The molecule has 1 fully saturated rings. The van der Waals surface area contributed by atoms with Crippen molar-refractivity contribution in [2.75, 3.05) is 31.1 Å². The van der Waals surface area contributed by atoms with Crippen molar-refractivity contribution >= 4 is 60.6 Å². The maximum Gasteiger partial charge on any atom is 0.150 e. The minimum absolute atomic E-state index is 0.931. The van der Waals surface area contributed by atoms with Gasteiger partial charge in [0.15, 0.2) is 0 Å². The van der Waals surface area contributed by atoms with Crippen molar-refractivity contribution in [1.29, 1.82) is 0 Å². The van der Waals surface area contributed by atoms with Crippen LogP contribution in [-0.4, -0.2) is 40.4 Å². The quantitative estimate of drug-likeness (QED) is 0.569. The van der Waals surface area contributed by atoms with Crippen LogP contribution in [-0.2, 0) is 0 Å². The molecule has 2 heterocycles. The number of anilines is 1. The fraction of sp³-hybridized carbons (Fsp3) is 0.222. The first kappa shape index (κ1) is 16.0. The Hall–Kier alpha value is -1.50. The van der Waals surface area contributed by atoms with Crippen molar-refractivity contribution in [2.24, 2.45) is 0 Å². The van der Waals surface area contributed by atoms with Crippen molar-refractivity contribution in [3.05, 3.63) is 58.6 Å². The van der Waals surface area contributed by atoms with Crippen LogP contribution in [0.15, 0.2) is 53.0 Å². The molecule has 4 rings (SSSR count). The molecule has 24 heavy (non-hydrogen) atoms. The molecule has 2 aromatic carbocycles. The Balaban J connectivity index is 1.47. The van der Waals surface area contributed by atoms with Gasteiger partial charge in [-0.25, -0.2) is 0 Å². The average molecular weight is 418 g/mol. The highest BCUT2D eigenvalue weighted by Crippen LogP contribution is 2.30. The lowest BCUT2D eigenvalue weighted by atomic mass is 10.2. The molecule has 0 unspecified atom stereocenters. The number of nitrogens with zero attached hydrogens (tertiary/aromatic N) is 3. The van der Waals surface area contributed by atoms with Crippen molar-refractivity contribution < 1.29 is 0 Å². The van der Waals surface area contributed by atoms with E-state index >= 15 is 0 Å². The van der Waals surface area contributed by atoms with Gasteiger partial charge < -0.3 is 9.80 Å². The molecule has 1 aliphatic rings. The normalized spacial score (nSPS) is 15.0. The second-order valence-corrected chi connectivity index (χ2v) is 7.90. The van der Waals surface area contributed by atoms with Crippen LogP contribution in [0.1, 0.15) is 5.56 Å². The molecule has 122 valence electrons. The van der Waals surface area contributed by atoms with Gasteiger partial charge in [-0.1, -0.05) is 52.4 Å². The van der Waals surface area contributed by atoms with E-state index in [9.17, 15) is 0 Å². The number of rotatable bonds is 2. The average Bonchev–Trinajstić information content (AvgIpc) is 3.06. The lowest BCUT2D eigenvalue weighted by Gasteiger charge is -2.36. The highest BCUT2D eigenvalue weighted by molar-refractivity contribution is 9.10. The SMILES string of the molecule is S=C(c1ccc(Br)cc1)N1CCN(c2nsc3ccccc23)CC1. The first-order valence-electron chi connectivity index (χ1n) is 7.86. The van der Waals surface area contributed by atoms with E-state index in [1.165, 1.54) is 10.1 Å². The van der Waals surface area contributed by atoms with Gasteiger partial charge in [0.2, 0.25) is 0 Å². The third-order valence-corrected chi connectivity index (χ3v) is 6.16. The maximum absolute atomic E-state index is 5.68. The van der Waals surface area contributed by atoms with E-state index in [2.05, 4.69) is 66.5 Å². The molecule has 0 radical (unpaired) electrons. The number of fused-ring (bicyclic) bond motifs is 1. The molecule has 0 N–H and O–H groups in total. The summed E-state index contributed by atoms with van der Waals surface area (Å²) in [6, 6.07) is 16.7. The molecule has 1 saturated heterocycles. The van der Waals surface area contributed by atoms with Crippen molar-refractivity contribution in [3.63, 3.8) is 0 Å². The summed E-state index contributed by atoms with van der Waals surface area (Å²) in [5, 5.41) is 1.26. The van der Waals surface area contributed by atoms with E-state index in [0.717, 1.165) is 47.0 Å². The van der Waals surface area contributed by atoms with Gasteiger partial charge in [0.1, 0.15) is 10.8 Å². The van der Waals surface area contributed by atoms with E-state index < -0.39 is 0 Å². The smallest absolute Gasteiger partial charge is 0.150 e. The van der Waals surface area contributed by atoms with Gasteiger partial charge in [-0.15, -0.1) is 0 Å². The molecule has 0 atom stereocenters. The van der Waals surface area contributed by atoms with Gasteiger partial charge in [-0.2, -0.15) is 4.37 Å². The lowest BCUT2D eigenvalue weighted by molar-refractivity contribution is 0.391. The highest BCUT2D eigenvalue weighted by Gasteiger charge is 2.22. The summed E-state index contributed by atoms with van der Waals surface area (Å²) in [6.45, 7) is 3.76. The van der Waals surface area contributed by atoms with Crippen LogP contribution in [0, 0.1) is 0 Å². The van der Waals surface area contributed by atoms with Crippen LogP contribution in [0.4, 0.5) is 5.82 Å². The first-order chi connectivity index (χ1) is 11.7. The summed E-state index contributed by atoms with van der Waals surface area (Å²) in [4.78, 5) is 5.61. The molecule has 0 saturated carbocycles. The number of hydrogen-bond acceptors (Lipinski definition) is 4. The van der Waals surface area contributed by atoms with Gasteiger partial charge in [0.05, 0.1) is 4.70 Å². The standard InChI is InChI=1S/C18H16BrN3S2/c19-14-7-5-13(6-8-14)18(23)22-11-9-21(10-12-22)17-15-3-1-2-4-16(15)24-20-17/h1-8H,9-12H2. The molecule has 0 amide bonds. The summed E-state index contributed by atoms with van der Waals surface area (Å²) < 4.78 is 7.00. The van der Waals surface area contributed by atoms with Gasteiger partial charge in [0, 0.05) is 41.6 Å². The molecule has 6 heteroatoms. The van der Waals surface area contributed by atoms with Gasteiger partial charge in [-0.3, -0.25) is 0 Å². The van der Waals surface area contributed by atoms with E-state index in [4.69, 9.17) is 12.2 Å². The maximum atomic E-state index is 5.68. The van der Waals surface area contributed by atoms with Crippen LogP contribution < -0.4 is 4.90 Å². The fourth-order valence-electron chi connectivity index (χ4n) is 3.00. The van der Waals surface area contributed by atoms with E-state index in [1.807, 2.05) is 12.1 Å². The van der Waals surface area contributed by atoms with Crippen molar-refractivity contribution in [3.8, 4) is 0 Å². The summed E-state index contributed by atoms with van der Waals surface area (Å²) in [7, 11) is 0. The Morgan fingerprint density at radius 1 is 1.00 bits per heavy atom. The third-order valence-electron chi connectivity index (χ3n) is 4.32. The minimum Gasteiger partial charge on any atom is -0.359 e. The molecular formula is C18H16BrN3S2. The Kier molecular flexibility index (Phi) is 4.52. The number of halogens is 1. The largest absolute Gasteiger partial charge is 0.359 e. The topological polar surface area (TPSA) is 19.4 Å². The molecule has 0 aliphatic carbocycles. The molecule has 3 nitrogen and oxygen atoms in total. The first-order valence-corrected chi connectivity index (χ1v) is 9.84. The van der Waals surface area contributed by atoms with Gasteiger partial charge in [0.25, 0.3) is 0 Å². The van der Waals surface area contributed by atoms with E-state index in [0.29, 0.717) is 0 Å². The Morgan fingerprint density at radius 2 is 1.71 bits per heavy atom. The number of thiocarbonyl (C=S) groups is 1. The second kappa shape index (κ2) is 6.78. The van der Waals surface area contributed by atoms with E-state index in [-0.39, 0.29) is 0 Å². The minimum atomic E-state index is 0.931. The second-order valence-electron chi connectivity index (χ2n) is 5.79. The van der Waals surface area contributed by atoms with Crippen LogP contribution in [0.25, 0.3) is 10.1 Å². The number of benzene rings is 2. The molecular weight excluding hydrogens is 402 g/mol. The summed E-state index contributed by atoms with van der Waals surface area (Å²) >= 11 is 10.7. The van der Waals surface area contributed by atoms with Crippen LogP contribution in [0.5, 0.6) is 0 Å². The number of aromatic nitrogens is 1. The Bertz CT molecular complexity index is 867. The summed E-state index contributed by atoms with van der Waals surface area (Å²) in [5.74, 6) is 1.12. The zero-order chi connectivity index (χ0) is 16.5. The predicted octanol–water partition coefficient (Wildman–Crippen LogP) is 4.56. The molecule has 0 spiro atoms. The lowest BCUT2D eigenvalue weighted by Crippen LogP contribution is -2.48. The number of hydrogen-bond donors (Lipinski definition) is 0. The van der Waals surface area contributed by atoms with Crippen LogP contribution in [0.3, 0.4) is 0 Å². The molecule has 1 aromatic heterocycles. The van der Waals surface area contributed by atoms with Crippen LogP contribution in [0.2, 0.25) is 0 Å². The van der Waals surface area contributed by atoms with Gasteiger partial charge >= 0.3 is 0 Å². The predicted molar refractivity (Wildman–Crippen MR) is 109 cm³/mol. The Morgan fingerprint density at radius 3 is 2.46 bits per heavy atom. The van der Waals surface area contributed by atoms with Crippen molar-refractivity contribution in [2.45, 2.75) is 0 Å². The van der Waals surface area contributed by atoms with Crippen LogP contribution >= 0.6 is 39.7 Å². The highest BCUT2D eigenvalue weighted by atomic mass is 79.9.